The SMILES string of the molecule is CCCC(=O)c1c(C)c(C)c(OC(=O)C2C(=O)C=C(O)C=C2OC)c(Br)c1O.Cc1cc(C)c(C(=O)Oc2c(C)c(C)c(C(=O)O)c(C)c2-c2ccncc2)c(C)c1C. The minimum absolute atomic E-state index is 0.00933. The number of ether oxygens (including phenoxy) is 3. The number of aromatic nitrogens is 1. The third-order valence-corrected chi connectivity index (χ3v) is 11.4. The van der Waals surface area contributed by atoms with Gasteiger partial charge in [0.15, 0.2) is 23.2 Å². The highest BCUT2D eigenvalue weighted by atomic mass is 79.9. The predicted molar refractivity (Wildman–Crippen MR) is 226 cm³/mol. The molecule has 59 heavy (non-hydrogen) atoms. The molecule has 3 N–H and O–H groups in total. The highest BCUT2D eigenvalue weighted by Gasteiger charge is 2.37. The van der Waals surface area contributed by atoms with Gasteiger partial charge in [0.05, 0.1) is 23.8 Å². The van der Waals surface area contributed by atoms with Gasteiger partial charge >= 0.3 is 17.9 Å². The number of phenols is 1. The van der Waals surface area contributed by atoms with E-state index in [0.717, 1.165) is 40.0 Å². The van der Waals surface area contributed by atoms with Crippen LogP contribution in [0.25, 0.3) is 11.1 Å². The van der Waals surface area contributed by atoms with Crippen LogP contribution in [0.4, 0.5) is 0 Å². The van der Waals surface area contributed by atoms with E-state index in [2.05, 4.69) is 20.9 Å². The predicted octanol–water partition coefficient (Wildman–Crippen LogP) is 9.66. The number of aryl methyl sites for hydroxylation is 2. The summed E-state index contributed by atoms with van der Waals surface area (Å²) in [6.45, 7) is 18.3. The normalized spacial score (nSPS) is 13.4. The fraction of sp³-hybridized carbons (Fsp3) is 0.304. The van der Waals surface area contributed by atoms with Crippen molar-refractivity contribution in [1.29, 1.82) is 0 Å². The summed E-state index contributed by atoms with van der Waals surface area (Å²) >= 11 is 3.18. The number of halogens is 1. The molecule has 0 bridgehead atoms. The molecule has 0 amide bonds. The van der Waals surface area contributed by atoms with Crippen LogP contribution in [0.5, 0.6) is 17.2 Å². The van der Waals surface area contributed by atoms with Crippen LogP contribution >= 0.6 is 15.9 Å². The van der Waals surface area contributed by atoms with Gasteiger partial charge in [-0.05, 0) is 152 Å². The molecule has 310 valence electrons. The Kier molecular flexibility index (Phi) is 14.4. The fourth-order valence-corrected chi connectivity index (χ4v) is 7.70. The number of hydrogen-bond acceptors (Lipinski definition) is 11. The first-order chi connectivity index (χ1) is 27.7. The number of pyridine rings is 1. The van der Waals surface area contributed by atoms with Gasteiger partial charge in [0, 0.05) is 36.5 Å². The molecule has 4 aromatic rings. The van der Waals surface area contributed by atoms with Gasteiger partial charge in [-0.15, -0.1) is 0 Å². The van der Waals surface area contributed by atoms with Crippen LogP contribution < -0.4 is 9.47 Å². The number of hydrogen-bond donors (Lipinski definition) is 3. The molecule has 0 saturated carbocycles. The van der Waals surface area contributed by atoms with E-state index in [4.69, 9.17) is 14.2 Å². The van der Waals surface area contributed by atoms with Crippen molar-refractivity contribution < 1.29 is 53.5 Å². The number of aromatic carboxylic acids is 1. The summed E-state index contributed by atoms with van der Waals surface area (Å²) in [5, 5.41) is 29.8. The first-order valence-electron chi connectivity index (χ1n) is 18.7. The average molecular weight is 871 g/mol. The molecule has 0 spiro atoms. The average Bonchev–Trinajstić information content (AvgIpc) is 3.17. The molecule has 1 atom stereocenters. The standard InChI is InChI=1S/C26H27NO4.C20H21BrO7/c1-13-12-14(2)21(16(4)15(13)3)26(30)31-24-18(6)17(5)22(25(28)29)19(7)23(24)20-8-10-27-11-9-20;1-5-6-12(23)15-9(2)10(3)19(17(21)18(15)25)28-20(26)16-13(24)7-11(22)8-14(16)27-4/h8-12H,1-7H3,(H,28,29);7-8,16,22,25H,5-6H2,1-4H3. The van der Waals surface area contributed by atoms with Crippen molar-refractivity contribution in [3.63, 3.8) is 0 Å². The van der Waals surface area contributed by atoms with Crippen LogP contribution in [-0.2, 0) is 14.3 Å². The lowest BCUT2D eigenvalue weighted by molar-refractivity contribution is -0.142. The molecule has 0 fully saturated rings. The summed E-state index contributed by atoms with van der Waals surface area (Å²) in [4.78, 5) is 66.5. The van der Waals surface area contributed by atoms with E-state index in [0.29, 0.717) is 51.1 Å². The number of nitrogens with zero attached hydrogens (tertiary/aromatic N) is 1. The van der Waals surface area contributed by atoms with Gasteiger partial charge < -0.3 is 29.5 Å². The summed E-state index contributed by atoms with van der Waals surface area (Å²) in [5.41, 5.74) is 8.91. The number of ketones is 2. The molecule has 1 aromatic heterocycles. The van der Waals surface area contributed by atoms with Gasteiger partial charge in [0.25, 0.3) is 0 Å². The van der Waals surface area contributed by atoms with Crippen molar-refractivity contribution in [2.45, 2.75) is 82.1 Å². The fourth-order valence-electron chi connectivity index (χ4n) is 7.12. The van der Waals surface area contributed by atoms with Crippen LogP contribution in [0, 0.1) is 68.2 Å². The summed E-state index contributed by atoms with van der Waals surface area (Å²) < 4.78 is 16.5. The van der Waals surface area contributed by atoms with Crippen LogP contribution in [0.2, 0.25) is 0 Å². The minimum atomic E-state index is -1.38. The zero-order valence-corrected chi connectivity index (χ0v) is 36.6. The number of carboxylic acids is 1. The molecule has 13 heteroatoms. The molecular weight excluding hydrogens is 822 g/mol. The Bertz CT molecular complexity index is 2430. The first kappa shape index (κ1) is 45.6. The third-order valence-electron chi connectivity index (χ3n) is 10.7. The quantitative estimate of drug-likeness (QED) is 0.0594. The van der Waals surface area contributed by atoms with Gasteiger partial charge in [0.1, 0.15) is 27.5 Å². The van der Waals surface area contributed by atoms with Crippen LogP contribution in [0.3, 0.4) is 0 Å². The number of aliphatic hydroxyl groups excluding tert-OH is 1. The van der Waals surface area contributed by atoms with Crippen molar-refractivity contribution in [2.75, 3.05) is 7.11 Å². The lowest BCUT2D eigenvalue weighted by Crippen LogP contribution is -2.32. The number of esters is 2. The number of phenolic OH excluding ortho intramolecular Hbond substituents is 1. The number of Topliss-reactive ketones (excluding diaryl/α,β-unsaturated/α-hetero) is 1. The molecule has 0 saturated heterocycles. The number of carboxylic acid groups (broad SMARTS) is 1. The Morgan fingerprint density at radius 1 is 0.746 bits per heavy atom. The smallest absolute Gasteiger partial charge is 0.344 e. The monoisotopic (exact) mass is 869 g/mol. The molecule has 5 rings (SSSR count). The zero-order valence-electron chi connectivity index (χ0n) is 35.0. The molecule has 1 aliphatic rings. The highest BCUT2D eigenvalue weighted by molar-refractivity contribution is 9.10. The maximum Gasteiger partial charge on any atom is 0.344 e. The zero-order chi connectivity index (χ0) is 44.2. The number of methoxy groups -OCH3 is 1. The van der Waals surface area contributed by atoms with Crippen LogP contribution in [-0.4, -0.2) is 56.9 Å². The van der Waals surface area contributed by atoms with Crippen molar-refractivity contribution >= 4 is 45.4 Å². The number of allylic oxidation sites excluding steroid dienone is 2. The molecule has 0 aliphatic heterocycles. The second-order valence-electron chi connectivity index (χ2n) is 14.4. The van der Waals surface area contributed by atoms with Crippen molar-refractivity contribution in [2.24, 2.45) is 5.92 Å². The van der Waals surface area contributed by atoms with Crippen molar-refractivity contribution in [1.82, 2.24) is 4.98 Å². The summed E-state index contributed by atoms with van der Waals surface area (Å²) in [7, 11) is 1.27. The number of benzene rings is 3. The van der Waals surface area contributed by atoms with E-state index in [9.17, 15) is 39.3 Å². The lowest BCUT2D eigenvalue weighted by Gasteiger charge is -2.21. The number of carbonyl (C=O) groups is 5. The highest BCUT2D eigenvalue weighted by Crippen LogP contribution is 2.44. The van der Waals surface area contributed by atoms with E-state index in [1.54, 1.807) is 59.1 Å². The summed E-state index contributed by atoms with van der Waals surface area (Å²) in [6, 6.07) is 5.55. The number of aliphatic hydroxyl groups is 1. The maximum atomic E-state index is 13.3. The molecule has 0 radical (unpaired) electrons. The number of rotatable bonds is 10. The van der Waals surface area contributed by atoms with E-state index in [1.165, 1.54) is 7.11 Å². The minimum Gasteiger partial charge on any atom is -0.508 e. The van der Waals surface area contributed by atoms with E-state index < -0.39 is 29.6 Å². The molecule has 3 aromatic carbocycles. The van der Waals surface area contributed by atoms with Crippen LogP contribution in [0.15, 0.2) is 58.7 Å². The summed E-state index contributed by atoms with van der Waals surface area (Å²) in [6.07, 6.45) is 6.23. The topological polar surface area (TPSA) is 187 Å². The molecule has 12 nitrogen and oxygen atoms in total. The van der Waals surface area contributed by atoms with Crippen molar-refractivity contribution in [3.8, 4) is 28.4 Å². The summed E-state index contributed by atoms with van der Waals surface area (Å²) in [5.74, 6) is -4.98. The Morgan fingerprint density at radius 3 is 1.90 bits per heavy atom. The second kappa shape index (κ2) is 18.7. The van der Waals surface area contributed by atoms with Gasteiger partial charge in [-0.1, -0.05) is 13.0 Å². The maximum absolute atomic E-state index is 13.3. The Balaban J connectivity index is 0.000000262. The third kappa shape index (κ3) is 9.15. The van der Waals surface area contributed by atoms with Crippen molar-refractivity contribution in [3.05, 3.63) is 125 Å². The molecule has 1 heterocycles. The Hall–Kier alpha value is -6.08. The van der Waals surface area contributed by atoms with Gasteiger partial charge in [-0.2, -0.15) is 0 Å². The largest absolute Gasteiger partial charge is 0.508 e. The first-order valence-corrected chi connectivity index (χ1v) is 19.5. The Labute approximate surface area is 351 Å². The van der Waals surface area contributed by atoms with Crippen LogP contribution in [0.1, 0.15) is 101 Å². The van der Waals surface area contributed by atoms with E-state index in [-0.39, 0.29) is 50.8 Å². The lowest BCUT2D eigenvalue weighted by atomic mass is 9.89. The second-order valence-corrected chi connectivity index (χ2v) is 15.2. The Morgan fingerprint density at radius 2 is 1.32 bits per heavy atom. The number of carbonyl (C=O) groups excluding carboxylic acids is 4. The number of aromatic hydroxyl groups is 1. The molecular formula is C46H48BrNO11. The molecule has 1 aliphatic carbocycles. The van der Waals surface area contributed by atoms with E-state index >= 15 is 0 Å². The van der Waals surface area contributed by atoms with Gasteiger partial charge in [-0.3, -0.25) is 19.4 Å². The van der Waals surface area contributed by atoms with E-state index in [1.807, 2.05) is 40.7 Å². The molecule has 1 unspecified atom stereocenters. The van der Waals surface area contributed by atoms with Gasteiger partial charge in [-0.25, -0.2) is 9.59 Å². The van der Waals surface area contributed by atoms with Gasteiger partial charge in [0.2, 0.25) is 0 Å².